The molecule has 7 heteroatoms. The van der Waals surface area contributed by atoms with Crippen molar-refractivity contribution in [3.05, 3.63) is 23.3 Å². The fourth-order valence-corrected chi connectivity index (χ4v) is 3.34. The molecule has 1 heterocycles. The Morgan fingerprint density at radius 1 is 1.26 bits per heavy atom. The minimum atomic E-state index is -0.591. The maximum atomic E-state index is 11.8. The molecule has 1 aromatic carbocycles. The van der Waals surface area contributed by atoms with Crippen LogP contribution < -0.4 is 9.47 Å². The number of carbonyl (C=O) groups excluding carboxylic acids is 2. The second-order valence-corrected chi connectivity index (χ2v) is 6.69. The lowest BCUT2D eigenvalue weighted by molar-refractivity contribution is -0.210. The number of hydrogen-bond acceptors (Lipinski definition) is 7. The standard InChI is InChI=1S/C20H28O7/c1-7-15-12(3)16(25-13(4)21)10-18(26-15)27-19-11(2)8-14(20(22)24-6)9-17(19)23-5/h8-9,12,15-16,18H,7,10H2,1-6H3/t12-,15-,16-,18?/m1/s1. The number of esters is 2. The molecule has 0 bridgehead atoms. The highest BCUT2D eigenvalue weighted by Crippen LogP contribution is 2.37. The van der Waals surface area contributed by atoms with Crippen LogP contribution in [-0.2, 0) is 19.0 Å². The van der Waals surface area contributed by atoms with E-state index in [-0.39, 0.29) is 24.1 Å². The second kappa shape index (κ2) is 9.08. The fraction of sp³-hybridized carbons (Fsp3) is 0.600. The van der Waals surface area contributed by atoms with Gasteiger partial charge in [0.05, 0.1) is 25.9 Å². The molecule has 4 atom stereocenters. The van der Waals surface area contributed by atoms with Crippen LogP contribution in [0.4, 0.5) is 0 Å². The van der Waals surface area contributed by atoms with Gasteiger partial charge >= 0.3 is 11.9 Å². The molecule has 0 spiro atoms. The van der Waals surface area contributed by atoms with Crippen molar-refractivity contribution in [2.45, 2.75) is 59.0 Å². The molecule has 1 aliphatic heterocycles. The van der Waals surface area contributed by atoms with E-state index in [1.54, 1.807) is 12.1 Å². The number of carbonyl (C=O) groups is 2. The molecule has 1 aromatic rings. The molecule has 0 N–H and O–H groups in total. The van der Waals surface area contributed by atoms with E-state index in [2.05, 4.69) is 0 Å². The summed E-state index contributed by atoms with van der Waals surface area (Å²) in [5, 5.41) is 0. The van der Waals surface area contributed by atoms with E-state index in [9.17, 15) is 9.59 Å². The van der Waals surface area contributed by atoms with Crippen molar-refractivity contribution < 1.29 is 33.3 Å². The monoisotopic (exact) mass is 380 g/mol. The van der Waals surface area contributed by atoms with Gasteiger partial charge in [-0.2, -0.15) is 0 Å². The fourth-order valence-electron chi connectivity index (χ4n) is 3.34. The summed E-state index contributed by atoms with van der Waals surface area (Å²) in [6.07, 6.45) is 0.224. The van der Waals surface area contributed by atoms with Gasteiger partial charge in [-0.05, 0) is 31.0 Å². The minimum Gasteiger partial charge on any atom is -0.493 e. The van der Waals surface area contributed by atoms with Crippen molar-refractivity contribution in [3.63, 3.8) is 0 Å². The number of benzene rings is 1. The predicted octanol–water partition coefficient (Wildman–Crippen LogP) is 3.26. The van der Waals surface area contributed by atoms with Crippen molar-refractivity contribution >= 4 is 11.9 Å². The van der Waals surface area contributed by atoms with E-state index >= 15 is 0 Å². The number of rotatable bonds is 6. The van der Waals surface area contributed by atoms with Gasteiger partial charge < -0.3 is 23.7 Å². The van der Waals surface area contributed by atoms with Crippen LogP contribution in [0.3, 0.4) is 0 Å². The van der Waals surface area contributed by atoms with Gasteiger partial charge in [0, 0.05) is 19.3 Å². The van der Waals surface area contributed by atoms with Gasteiger partial charge in [-0.1, -0.05) is 13.8 Å². The van der Waals surface area contributed by atoms with Crippen LogP contribution in [0.1, 0.15) is 49.5 Å². The Hall–Kier alpha value is -2.28. The molecule has 150 valence electrons. The van der Waals surface area contributed by atoms with Crippen molar-refractivity contribution in [2.24, 2.45) is 5.92 Å². The van der Waals surface area contributed by atoms with Gasteiger partial charge in [-0.25, -0.2) is 4.79 Å². The highest BCUT2D eigenvalue weighted by Gasteiger charge is 2.38. The normalized spacial score (nSPS) is 24.8. The van der Waals surface area contributed by atoms with Gasteiger partial charge in [-0.3, -0.25) is 4.79 Å². The van der Waals surface area contributed by atoms with Gasteiger partial charge in [0.1, 0.15) is 6.10 Å². The summed E-state index contributed by atoms with van der Waals surface area (Å²) in [6.45, 7) is 7.24. The third-order valence-electron chi connectivity index (χ3n) is 4.77. The molecule has 1 fully saturated rings. The van der Waals surface area contributed by atoms with Gasteiger partial charge in [0.15, 0.2) is 11.5 Å². The maximum absolute atomic E-state index is 11.8. The summed E-state index contributed by atoms with van der Waals surface area (Å²) in [5.74, 6) is 0.199. The quantitative estimate of drug-likeness (QED) is 0.701. The Morgan fingerprint density at radius 2 is 1.96 bits per heavy atom. The van der Waals surface area contributed by atoms with Crippen molar-refractivity contribution in [1.29, 1.82) is 0 Å². The molecular weight excluding hydrogens is 352 g/mol. The van der Waals surface area contributed by atoms with E-state index in [0.29, 0.717) is 29.0 Å². The van der Waals surface area contributed by atoms with Crippen LogP contribution >= 0.6 is 0 Å². The SMILES string of the molecule is CC[C@H]1OC(Oc2c(C)cc(C(=O)OC)cc2OC)C[C@@H](OC(C)=O)[C@@H]1C. The lowest BCUT2D eigenvalue weighted by Crippen LogP contribution is -2.46. The summed E-state index contributed by atoms with van der Waals surface area (Å²) in [4.78, 5) is 23.2. The number of aryl methyl sites for hydroxylation is 1. The molecule has 1 aliphatic rings. The first-order valence-corrected chi connectivity index (χ1v) is 9.06. The second-order valence-electron chi connectivity index (χ2n) is 6.69. The van der Waals surface area contributed by atoms with Crippen molar-refractivity contribution in [2.75, 3.05) is 14.2 Å². The Labute approximate surface area is 159 Å². The molecule has 1 saturated heterocycles. The van der Waals surface area contributed by atoms with Crippen LogP contribution in [0.2, 0.25) is 0 Å². The Balaban J connectivity index is 2.26. The minimum absolute atomic E-state index is 0.0726. The average Bonchev–Trinajstić information content (AvgIpc) is 2.64. The predicted molar refractivity (Wildman–Crippen MR) is 98.0 cm³/mol. The van der Waals surface area contributed by atoms with Crippen molar-refractivity contribution in [1.82, 2.24) is 0 Å². The molecule has 2 rings (SSSR count). The molecule has 0 amide bonds. The lowest BCUT2D eigenvalue weighted by Gasteiger charge is -2.39. The zero-order valence-corrected chi connectivity index (χ0v) is 16.7. The number of hydrogen-bond donors (Lipinski definition) is 0. The molecular formula is C20H28O7. The first-order chi connectivity index (χ1) is 12.8. The third kappa shape index (κ3) is 4.91. The van der Waals surface area contributed by atoms with Gasteiger partial charge in [-0.15, -0.1) is 0 Å². The maximum Gasteiger partial charge on any atom is 0.337 e. The molecule has 7 nitrogen and oxygen atoms in total. The summed E-state index contributed by atoms with van der Waals surface area (Å²) in [6, 6.07) is 3.25. The summed E-state index contributed by atoms with van der Waals surface area (Å²) >= 11 is 0. The van der Waals surface area contributed by atoms with E-state index in [4.69, 9.17) is 23.7 Å². The lowest BCUT2D eigenvalue weighted by atomic mass is 9.91. The summed E-state index contributed by atoms with van der Waals surface area (Å²) < 4.78 is 27.8. The van der Waals surface area contributed by atoms with Crippen LogP contribution in [0, 0.1) is 12.8 Å². The summed E-state index contributed by atoms with van der Waals surface area (Å²) in [7, 11) is 2.83. The molecule has 27 heavy (non-hydrogen) atoms. The van der Waals surface area contributed by atoms with Crippen LogP contribution in [0.5, 0.6) is 11.5 Å². The van der Waals surface area contributed by atoms with E-state index < -0.39 is 12.3 Å². The molecule has 0 radical (unpaired) electrons. The van der Waals surface area contributed by atoms with E-state index in [0.717, 1.165) is 6.42 Å². The van der Waals surface area contributed by atoms with Gasteiger partial charge in [0.2, 0.25) is 6.29 Å². The highest BCUT2D eigenvalue weighted by molar-refractivity contribution is 5.90. The van der Waals surface area contributed by atoms with Crippen LogP contribution in [0.25, 0.3) is 0 Å². The first-order valence-electron chi connectivity index (χ1n) is 9.06. The molecule has 0 aliphatic carbocycles. The molecule has 1 unspecified atom stereocenters. The zero-order valence-electron chi connectivity index (χ0n) is 16.7. The number of methoxy groups -OCH3 is 2. The first kappa shape index (κ1) is 21.0. The smallest absolute Gasteiger partial charge is 0.337 e. The Kier molecular flexibility index (Phi) is 7.07. The van der Waals surface area contributed by atoms with Crippen LogP contribution in [0.15, 0.2) is 12.1 Å². The van der Waals surface area contributed by atoms with Crippen molar-refractivity contribution in [3.8, 4) is 11.5 Å². The average molecular weight is 380 g/mol. The Bertz CT molecular complexity index is 685. The topological polar surface area (TPSA) is 80.3 Å². The zero-order chi connectivity index (χ0) is 20.1. The van der Waals surface area contributed by atoms with E-state index in [1.165, 1.54) is 21.1 Å². The largest absolute Gasteiger partial charge is 0.493 e. The Morgan fingerprint density at radius 3 is 2.52 bits per heavy atom. The van der Waals surface area contributed by atoms with Gasteiger partial charge in [0.25, 0.3) is 0 Å². The molecule has 0 aromatic heterocycles. The third-order valence-corrected chi connectivity index (χ3v) is 4.77. The van der Waals surface area contributed by atoms with E-state index in [1.807, 2.05) is 20.8 Å². The number of ether oxygens (including phenoxy) is 5. The summed E-state index contributed by atoms with van der Waals surface area (Å²) in [5.41, 5.74) is 1.09. The molecule has 0 saturated carbocycles. The highest BCUT2D eigenvalue weighted by atomic mass is 16.7. The van der Waals surface area contributed by atoms with Crippen LogP contribution in [-0.4, -0.2) is 44.7 Å².